The summed E-state index contributed by atoms with van der Waals surface area (Å²) in [6.45, 7) is 10.9. The monoisotopic (exact) mass is 261 g/mol. The summed E-state index contributed by atoms with van der Waals surface area (Å²) in [6.07, 6.45) is 2.41. The topological polar surface area (TPSA) is 70.8 Å². The van der Waals surface area contributed by atoms with E-state index >= 15 is 0 Å². The number of aryl methyl sites for hydroxylation is 1. The highest BCUT2D eigenvalue weighted by molar-refractivity contribution is 5.93. The van der Waals surface area contributed by atoms with Crippen LogP contribution in [0.1, 0.15) is 43.2 Å². The fraction of sp³-hybridized carbons (Fsp3) is 0.462. The highest BCUT2D eigenvalue weighted by Crippen LogP contribution is 2.15. The summed E-state index contributed by atoms with van der Waals surface area (Å²) in [6, 6.07) is 1.87. The van der Waals surface area contributed by atoms with Crippen LogP contribution in [0.2, 0.25) is 0 Å². The molecule has 0 fully saturated rings. The molecule has 1 rings (SSSR count). The van der Waals surface area contributed by atoms with Gasteiger partial charge in [-0.3, -0.25) is 4.79 Å². The van der Waals surface area contributed by atoms with Crippen LogP contribution in [0.3, 0.4) is 0 Å². The fourth-order valence-electron chi connectivity index (χ4n) is 1.33. The lowest BCUT2D eigenvalue weighted by Gasteiger charge is -2.12. The Bertz CT molecular complexity index is 498. The van der Waals surface area contributed by atoms with E-state index in [1.165, 1.54) is 18.1 Å². The Hall–Kier alpha value is -2.11. The first kappa shape index (κ1) is 14.9. The van der Waals surface area contributed by atoms with Gasteiger partial charge in [0.15, 0.2) is 11.6 Å². The zero-order valence-corrected chi connectivity index (χ0v) is 11.8. The maximum absolute atomic E-state index is 11.3. The predicted molar refractivity (Wildman–Crippen MR) is 74.1 cm³/mol. The molecule has 0 saturated carbocycles. The summed E-state index contributed by atoms with van der Waals surface area (Å²) < 4.78 is 0. The van der Waals surface area contributed by atoms with Crippen LogP contribution in [0.15, 0.2) is 29.2 Å². The average molecular weight is 261 g/mol. The SMILES string of the molecule is C=CN(N=NC(C)CC)c1cc(C)c(C(C)=O)nn1. The molecule has 0 bridgehead atoms. The molecule has 1 aromatic rings. The number of hydrogen-bond donors (Lipinski definition) is 0. The summed E-state index contributed by atoms with van der Waals surface area (Å²) in [7, 11) is 0. The number of nitrogens with zero attached hydrogens (tertiary/aromatic N) is 5. The van der Waals surface area contributed by atoms with E-state index in [1.54, 1.807) is 6.07 Å². The van der Waals surface area contributed by atoms with Gasteiger partial charge in [-0.15, -0.1) is 10.2 Å². The highest BCUT2D eigenvalue weighted by Gasteiger charge is 2.11. The van der Waals surface area contributed by atoms with E-state index in [9.17, 15) is 4.79 Å². The van der Waals surface area contributed by atoms with Crippen molar-refractivity contribution in [3.05, 3.63) is 30.1 Å². The van der Waals surface area contributed by atoms with Gasteiger partial charge in [-0.2, -0.15) is 5.11 Å². The van der Waals surface area contributed by atoms with E-state index in [0.29, 0.717) is 11.5 Å². The van der Waals surface area contributed by atoms with E-state index < -0.39 is 0 Å². The number of anilines is 1. The molecule has 0 amide bonds. The highest BCUT2D eigenvalue weighted by atomic mass is 16.1. The lowest BCUT2D eigenvalue weighted by atomic mass is 10.2. The molecular weight excluding hydrogens is 242 g/mol. The first-order valence-corrected chi connectivity index (χ1v) is 6.17. The van der Waals surface area contributed by atoms with Crippen LogP contribution in [-0.4, -0.2) is 22.0 Å². The second-order valence-corrected chi connectivity index (χ2v) is 4.28. The van der Waals surface area contributed by atoms with Crippen LogP contribution in [0.25, 0.3) is 0 Å². The number of rotatable bonds is 6. The molecule has 0 spiro atoms. The largest absolute Gasteiger partial charge is 0.293 e. The minimum atomic E-state index is -0.108. The number of carbonyl (C=O) groups is 1. The summed E-state index contributed by atoms with van der Waals surface area (Å²) in [5.41, 5.74) is 1.12. The van der Waals surface area contributed by atoms with Gasteiger partial charge in [-0.25, -0.2) is 5.01 Å². The molecule has 1 atom stereocenters. The van der Waals surface area contributed by atoms with Crippen molar-refractivity contribution in [1.29, 1.82) is 0 Å². The molecule has 6 nitrogen and oxygen atoms in total. The molecule has 1 heterocycles. The van der Waals surface area contributed by atoms with Gasteiger partial charge in [0, 0.05) is 13.1 Å². The third-order valence-corrected chi connectivity index (χ3v) is 2.65. The number of hydrogen-bond acceptors (Lipinski definition) is 5. The Kier molecular flexibility index (Phi) is 5.29. The molecule has 0 aliphatic heterocycles. The van der Waals surface area contributed by atoms with E-state index in [-0.39, 0.29) is 11.8 Å². The minimum absolute atomic E-state index is 0.108. The molecule has 19 heavy (non-hydrogen) atoms. The quantitative estimate of drug-likeness (QED) is 0.448. The Morgan fingerprint density at radius 2 is 2.26 bits per heavy atom. The maximum atomic E-state index is 11.3. The van der Waals surface area contributed by atoms with Gasteiger partial charge in [-0.05, 0) is 31.9 Å². The van der Waals surface area contributed by atoms with Crippen LogP contribution in [0.4, 0.5) is 5.82 Å². The van der Waals surface area contributed by atoms with Crippen molar-refractivity contribution in [2.45, 2.75) is 40.2 Å². The molecule has 0 saturated heterocycles. The standard InChI is InChI=1S/C13H19N5O/c1-6-10(4)14-17-18(7-2)12-8-9(3)13(11(5)19)16-15-12/h7-8,10H,2,6H2,1,3-5H3. The summed E-state index contributed by atoms with van der Waals surface area (Å²) in [5, 5.41) is 17.5. The second-order valence-electron chi connectivity index (χ2n) is 4.28. The van der Waals surface area contributed by atoms with Gasteiger partial charge in [-0.1, -0.05) is 18.7 Å². The lowest BCUT2D eigenvalue weighted by Crippen LogP contribution is -2.12. The Morgan fingerprint density at radius 3 is 2.74 bits per heavy atom. The van der Waals surface area contributed by atoms with Gasteiger partial charge >= 0.3 is 0 Å². The van der Waals surface area contributed by atoms with Gasteiger partial charge in [0.1, 0.15) is 5.69 Å². The van der Waals surface area contributed by atoms with Crippen molar-refractivity contribution in [1.82, 2.24) is 10.2 Å². The molecule has 0 aliphatic carbocycles. The first-order chi connectivity index (χ1) is 8.99. The first-order valence-electron chi connectivity index (χ1n) is 6.17. The number of ketones is 1. The molecule has 0 N–H and O–H groups in total. The Labute approximate surface area is 113 Å². The van der Waals surface area contributed by atoms with E-state index in [1.807, 2.05) is 20.8 Å². The van der Waals surface area contributed by atoms with Crippen molar-refractivity contribution in [3.8, 4) is 0 Å². The van der Waals surface area contributed by atoms with Crippen LogP contribution in [0.5, 0.6) is 0 Å². The smallest absolute Gasteiger partial charge is 0.180 e. The molecular formula is C13H19N5O. The third kappa shape index (κ3) is 3.94. The van der Waals surface area contributed by atoms with Crippen LogP contribution < -0.4 is 5.01 Å². The normalized spacial score (nSPS) is 12.4. The van der Waals surface area contributed by atoms with Gasteiger partial charge in [0.05, 0.1) is 6.04 Å². The van der Waals surface area contributed by atoms with Gasteiger partial charge in [0.25, 0.3) is 0 Å². The summed E-state index contributed by atoms with van der Waals surface area (Å²) in [4.78, 5) is 11.3. The van der Waals surface area contributed by atoms with Gasteiger partial charge in [0.2, 0.25) is 0 Å². The Morgan fingerprint density at radius 1 is 1.58 bits per heavy atom. The average Bonchev–Trinajstić information content (AvgIpc) is 2.38. The zero-order chi connectivity index (χ0) is 14.4. The van der Waals surface area contributed by atoms with Crippen molar-refractivity contribution in [2.24, 2.45) is 10.3 Å². The van der Waals surface area contributed by atoms with E-state index in [4.69, 9.17) is 0 Å². The van der Waals surface area contributed by atoms with Crippen LogP contribution in [0, 0.1) is 6.92 Å². The van der Waals surface area contributed by atoms with E-state index in [0.717, 1.165) is 12.0 Å². The summed E-state index contributed by atoms with van der Waals surface area (Å²) >= 11 is 0. The van der Waals surface area contributed by atoms with Crippen molar-refractivity contribution in [2.75, 3.05) is 5.01 Å². The lowest BCUT2D eigenvalue weighted by molar-refractivity contribution is 0.101. The molecule has 0 radical (unpaired) electrons. The third-order valence-electron chi connectivity index (χ3n) is 2.65. The Balaban J connectivity index is 3.00. The molecule has 6 heteroatoms. The predicted octanol–water partition coefficient (Wildman–Crippen LogP) is 3.10. The maximum Gasteiger partial charge on any atom is 0.180 e. The zero-order valence-electron chi connectivity index (χ0n) is 11.8. The molecule has 1 unspecified atom stereocenters. The van der Waals surface area contributed by atoms with Crippen molar-refractivity contribution >= 4 is 11.6 Å². The number of aromatic nitrogens is 2. The van der Waals surface area contributed by atoms with E-state index in [2.05, 4.69) is 27.1 Å². The van der Waals surface area contributed by atoms with Crippen LogP contribution >= 0.6 is 0 Å². The van der Waals surface area contributed by atoms with Gasteiger partial charge < -0.3 is 0 Å². The van der Waals surface area contributed by atoms with Crippen molar-refractivity contribution < 1.29 is 4.79 Å². The molecule has 1 aromatic heterocycles. The van der Waals surface area contributed by atoms with Crippen molar-refractivity contribution in [3.63, 3.8) is 0 Å². The fourth-order valence-corrected chi connectivity index (χ4v) is 1.33. The molecule has 0 aliphatic rings. The van der Waals surface area contributed by atoms with Crippen LogP contribution in [-0.2, 0) is 0 Å². The minimum Gasteiger partial charge on any atom is -0.293 e. The molecule has 102 valence electrons. The summed E-state index contributed by atoms with van der Waals surface area (Å²) in [5.74, 6) is 0.382. The molecule has 0 aromatic carbocycles. The number of carbonyl (C=O) groups excluding carboxylic acids is 1. The second kappa shape index (κ2) is 6.72. The number of Topliss-reactive ketones (excluding diaryl/α,β-unsaturated/α-hetero) is 1.